The molecule has 0 radical (unpaired) electrons. The van der Waals surface area contributed by atoms with Gasteiger partial charge in [0.1, 0.15) is 0 Å². The van der Waals surface area contributed by atoms with Crippen molar-refractivity contribution in [2.45, 2.75) is 6.04 Å². The highest BCUT2D eigenvalue weighted by molar-refractivity contribution is 9.10. The van der Waals surface area contributed by atoms with Crippen LogP contribution in [0.2, 0.25) is 5.02 Å². The molecule has 3 N–H and O–H groups in total. The van der Waals surface area contributed by atoms with Crippen molar-refractivity contribution in [2.24, 2.45) is 5.84 Å². The van der Waals surface area contributed by atoms with Crippen LogP contribution in [0.4, 0.5) is 0 Å². The van der Waals surface area contributed by atoms with Crippen LogP contribution in [0.3, 0.4) is 0 Å². The van der Waals surface area contributed by atoms with E-state index in [1.807, 2.05) is 29.6 Å². The molecule has 0 fully saturated rings. The normalized spacial score (nSPS) is 12.7. The van der Waals surface area contributed by atoms with E-state index in [-0.39, 0.29) is 6.04 Å². The van der Waals surface area contributed by atoms with Gasteiger partial charge in [-0.2, -0.15) is 0 Å². The molecular formula is C11H10BrClN2S. The van der Waals surface area contributed by atoms with Gasteiger partial charge in [-0.3, -0.25) is 5.84 Å². The minimum atomic E-state index is -0.0185. The van der Waals surface area contributed by atoms with Crippen LogP contribution in [0, 0.1) is 0 Å². The van der Waals surface area contributed by atoms with Crippen molar-refractivity contribution < 1.29 is 0 Å². The SMILES string of the molecule is NNC(c1cccc(Cl)c1)c1cc(Br)cs1. The third-order valence-corrected chi connectivity index (χ3v) is 4.21. The first-order valence-corrected chi connectivity index (χ1v) is 6.71. The lowest BCUT2D eigenvalue weighted by atomic mass is 10.1. The predicted molar refractivity (Wildman–Crippen MR) is 72.6 cm³/mol. The van der Waals surface area contributed by atoms with Gasteiger partial charge in [0.05, 0.1) is 6.04 Å². The monoisotopic (exact) mass is 316 g/mol. The van der Waals surface area contributed by atoms with Gasteiger partial charge in [-0.15, -0.1) is 11.3 Å². The Morgan fingerprint density at radius 1 is 1.38 bits per heavy atom. The number of hydrogen-bond acceptors (Lipinski definition) is 3. The fraction of sp³-hybridized carbons (Fsp3) is 0.0909. The van der Waals surface area contributed by atoms with Crippen LogP contribution in [0.5, 0.6) is 0 Å². The van der Waals surface area contributed by atoms with Gasteiger partial charge in [-0.1, -0.05) is 23.7 Å². The molecule has 0 saturated heterocycles. The summed E-state index contributed by atoms with van der Waals surface area (Å²) in [5.74, 6) is 5.59. The van der Waals surface area contributed by atoms with Crippen molar-refractivity contribution in [1.29, 1.82) is 0 Å². The van der Waals surface area contributed by atoms with E-state index in [2.05, 4.69) is 27.4 Å². The molecule has 0 amide bonds. The summed E-state index contributed by atoms with van der Waals surface area (Å²) in [7, 11) is 0. The van der Waals surface area contributed by atoms with Gasteiger partial charge in [0, 0.05) is 19.8 Å². The molecule has 2 rings (SSSR count). The smallest absolute Gasteiger partial charge is 0.0803 e. The quantitative estimate of drug-likeness (QED) is 0.669. The highest BCUT2D eigenvalue weighted by atomic mass is 79.9. The first-order valence-electron chi connectivity index (χ1n) is 4.66. The number of rotatable bonds is 3. The second-order valence-electron chi connectivity index (χ2n) is 3.32. The van der Waals surface area contributed by atoms with E-state index in [9.17, 15) is 0 Å². The van der Waals surface area contributed by atoms with Gasteiger partial charge in [0.25, 0.3) is 0 Å². The van der Waals surface area contributed by atoms with E-state index in [0.717, 1.165) is 14.9 Å². The van der Waals surface area contributed by atoms with Crippen molar-refractivity contribution in [3.63, 3.8) is 0 Å². The van der Waals surface area contributed by atoms with Crippen LogP contribution in [0.25, 0.3) is 0 Å². The third-order valence-electron chi connectivity index (χ3n) is 2.22. The number of hydrazine groups is 1. The summed E-state index contributed by atoms with van der Waals surface area (Å²) >= 11 is 11.0. The first kappa shape index (κ1) is 12.1. The Bertz CT molecular complexity index is 486. The van der Waals surface area contributed by atoms with Crippen LogP contribution in [0.15, 0.2) is 40.2 Å². The molecule has 0 aliphatic rings. The molecule has 5 heteroatoms. The molecule has 0 spiro atoms. The standard InChI is InChI=1S/C11H10BrClN2S/c12-8-5-10(16-6-8)11(15-14)7-2-1-3-9(13)4-7/h1-6,11,15H,14H2. The van der Waals surface area contributed by atoms with Crippen LogP contribution < -0.4 is 11.3 Å². The van der Waals surface area contributed by atoms with Crippen LogP contribution in [-0.4, -0.2) is 0 Å². The summed E-state index contributed by atoms with van der Waals surface area (Å²) in [6, 6.07) is 9.72. The first-order chi connectivity index (χ1) is 7.70. The van der Waals surface area contributed by atoms with Gasteiger partial charge in [0.2, 0.25) is 0 Å². The lowest BCUT2D eigenvalue weighted by Crippen LogP contribution is -2.28. The highest BCUT2D eigenvalue weighted by Gasteiger charge is 2.14. The molecule has 0 saturated carbocycles. The second-order valence-corrected chi connectivity index (χ2v) is 5.62. The number of nitrogens with two attached hydrogens (primary N) is 1. The maximum absolute atomic E-state index is 5.96. The minimum Gasteiger partial charge on any atom is -0.271 e. The van der Waals surface area contributed by atoms with E-state index >= 15 is 0 Å². The molecule has 84 valence electrons. The van der Waals surface area contributed by atoms with E-state index in [0.29, 0.717) is 5.02 Å². The number of halogens is 2. The molecule has 1 unspecified atom stereocenters. The number of thiophene rings is 1. The van der Waals surface area contributed by atoms with Crippen molar-refractivity contribution in [2.75, 3.05) is 0 Å². The Hall–Kier alpha value is -0.390. The molecule has 1 atom stereocenters. The van der Waals surface area contributed by atoms with E-state index in [1.54, 1.807) is 11.3 Å². The minimum absolute atomic E-state index is 0.0185. The zero-order chi connectivity index (χ0) is 11.5. The number of hydrogen-bond donors (Lipinski definition) is 2. The average Bonchev–Trinajstić information content (AvgIpc) is 2.66. The highest BCUT2D eigenvalue weighted by Crippen LogP contribution is 2.30. The Balaban J connectivity index is 2.36. The molecule has 0 aliphatic carbocycles. The van der Waals surface area contributed by atoms with Crippen molar-refractivity contribution in [3.8, 4) is 0 Å². The topological polar surface area (TPSA) is 38.0 Å². The van der Waals surface area contributed by atoms with Crippen LogP contribution in [0.1, 0.15) is 16.5 Å². The van der Waals surface area contributed by atoms with Gasteiger partial charge >= 0.3 is 0 Å². The molecule has 1 aromatic carbocycles. The maximum atomic E-state index is 5.96. The molecule has 1 heterocycles. The van der Waals surface area contributed by atoms with Crippen LogP contribution in [-0.2, 0) is 0 Å². The summed E-state index contributed by atoms with van der Waals surface area (Å²) in [6.45, 7) is 0. The summed E-state index contributed by atoms with van der Waals surface area (Å²) < 4.78 is 1.06. The number of nitrogens with one attached hydrogen (secondary N) is 1. The fourth-order valence-corrected chi connectivity index (χ4v) is 3.24. The van der Waals surface area contributed by atoms with Crippen molar-refractivity contribution >= 4 is 38.9 Å². The molecule has 2 aromatic rings. The van der Waals surface area contributed by atoms with Crippen LogP contribution >= 0.6 is 38.9 Å². The van der Waals surface area contributed by atoms with Gasteiger partial charge in [0.15, 0.2) is 0 Å². The van der Waals surface area contributed by atoms with Crippen molar-refractivity contribution in [3.05, 3.63) is 55.6 Å². The second kappa shape index (κ2) is 5.29. The Morgan fingerprint density at radius 3 is 2.75 bits per heavy atom. The molecule has 0 aliphatic heterocycles. The molecule has 0 bridgehead atoms. The lowest BCUT2D eigenvalue weighted by Gasteiger charge is -2.14. The fourth-order valence-electron chi connectivity index (χ4n) is 1.51. The maximum Gasteiger partial charge on any atom is 0.0803 e. The molecule has 1 aromatic heterocycles. The van der Waals surface area contributed by atoms with Crippen molar-refractivity contribution in [1.82, 2.24) is 5.43 Å². The third kappa shape index (κ3) is 2.64. The Kier molecular flexibility index (Phi) is 4.00. The summed E-state index contributed by atoms with van der Waals surface area (Å²) in [5, 5.41) is 2.75. The van der Waals surface area contributed by atoms with Gasteiger partial charge in [-0.25, -0.2) is 5.43 Å². The lowest BCUT2D eigenvalue weighted by molar-refractivity contribution is 0.646. The van der Waals surface area contributed by atoms with Gasteiger partial charge < -0.3 is 0 Å². The summed E-state index contributed by atoms with van der Waals surface area (Å²) in [5.41, 5.74) is 3.87. The van der Waals surface area contributed by atoms with E-state index < -0.39 is 0 Å². The summed E-state index contributed by atoms with van der Waals surface area (Å²) in [4.78, 5) is 1.15. The van der Waals surface area contributed by atoms with E-state index in [1.165, 1.54) is 0 Å². The summed E-state index contributed by atoms with van der Waals surface area (Å²) in [6.07, 6.45) is 0. The van der Waals surface area contributed by atoms with E-state index in [4.69, 9.17) is 17.4 Å². The number of benzene rings is 1. The van der Waals surface area contributed by atoms with Gasteiger partial charge in [-0.05, 0) is 39.7 Å². The molecule has 16 heavy (non-hydrogen) atoms. The zero-order valence-corrected chi connectivity index (χ0v) is 11.4. The zero-order valence-electron chi connectivity index (χ0n) is 8.28. The Morgan fingerprint density at radius 2 is 2.19 bits per heavy atom. The Labute approximate surface area is 112 Å². The molecule has 2 nitrogen and oxygen atoms in total. The average molecular weight is 318 g/mol. The molecular weight excluding hydrogens is 308 g/mol. The predicted octanol–water partition coefficient (Wildman–Crippen LogP) is 3.72. The largest absolute Gasteiger partial charge is 0.271 e.